The fraction of sp³-hybridized carbons (Fsp3) is 0.667. The molecule has 0 aromatic heterocycles. The molecule has 1 aromatic rings. The van der Waals surface area contributed by atoms with Crippen LogP contribution in [0.4, 0.5) is 0 Å². The summed E-state index contributed by atoms with van der Waals surface area (Å²) in [5.74, 6) is 1.77. The smallest absolute Gasteiger partial charge is 0.0236 e. The third kappa shape index (κ3) is 3.07. The summed E-state index contributed by atoms with van der Waals surface area (Å²) in [5, 5.41) is 3.71. The summed E-state index contributed by atoms with van der Waals surface area (Å²) >= 11 is 0. The molecule has 2 nitrogen and oxygen atoms in total. The summed E-state index contributed by atoms with van der Waals surface area (Å²) in [4.78, 5) is 2.76. The summed E-state index contributed by atoms with van der Waals surface area (Å²) < 4.78 is 0. The predicted molar refractivity (Wildman–Crippen MR) is 84.9 cm³/mol. The molecule has 3 rings (SSSR count). The maximum absolute atomic E-state index is 3.71. The van der Waals surface area contributed by atoms with Crippen molar-refractivity contribution in [1.29, 1.82) is 0 Å². The fourth-order valence-corrected chi connectivity index (χ4v) is 4.04. The summed E-state index contributed by atoms with van der Waals surface area (Å²) in [6.07, 6.45) is 3.98. The van der Waals surface area contributed by atoms with Crippen LogP contribution < -0.4 is 5.32 Å². The molecule has 1 saturated heterocycles. The molecule has 0 radical (unpaired) electrons. The molecule has 1 aliphatic heterocycles. The van der Waals surface area contributed by atoms with Gasteiger partial charge in [-0.2, -0.15) is 0 Å². The van der Waals surface area contributed by atoms with Gasteiger partial charge < -0.3 is 5.32 Å². The largest absolute Gasteiger partial charge is 0.311 e. The molecule has 110 valence electrons. The van der Waals surface area contributed by atoms with Crippen LogP contribution in [0, 0.1) is 11.8 Å². The molecule has 1 saturated carbocycles. The third-order valence-corrected chi connectivity index (χ3v) is 5.50. The van der Waals surface area contributed by atoms with E-state index in [9.17, 15) is 0 Å². The average Bonchev–Trinajstić information content (AvgIpc) is 2.80. The van der Waals surface area contributed by atoms with Crippen LogP contribution in [0.15, 0.2) is 30.3 Å². The topological polar surface area (TPSA) is 15.3 Å². The molecule has 1 heterocycles. The lowest BCUT2D eigenvalue weighted by atomic mass is 9.95. The van der Waals surface area contributed by atoms with Crippen LogP contribution in [-0.4, -0.2) is 36.6 Å². The molecule has 4 unspecified atom stereocenters. The van der Waals surface area contributed by atoms with Crippen LogP contribution in [-0.2, 0) is 6.42 Å². The highest BCUT2D eigenvalue weighted by Crippen LogP contribution is 2.35. The second-order valence-electron chi connectivity index (χ2n) is 6.82. The second kappa shape index (κ2) is 6.28. The first-order valence-electron chi connectivity index (χ1n) is 8.25. The number of rotatable bonds is 3. The number of nitrogens with zero attached hydrogens (tertiary/aromatic N) is 1. The first-order valence-corrected chi connectivity index (χ1v) is 8.25. The zero-order chi connectivity index (χ0) is 13.9. The van der Waals surface area contributed by atoms with E-state index in [1.165, 1.54) is 31.5 Å². The normalized spacial score (nSPS) is 35.3. The Balaban J connectivity index is 1.59. The first kappa shape index (κ1) is 14.1. The molecule has 4 atom stereocenters. The van der Waals surface area contributed by atoms with Crippen LogP contribution in [0.3, 0.4) is 0 Å². The molecule has 1 aliphatic carbocycles. The highest BCUT2D eigenvalue weighted by atomic mass is 15.2. The number of hydrogen-bond acceptors (Lipinski definition) is 2. The van der Waals surface area contributed by atoms with Crippen molar-refractivity contribution in [1.82, 2.24) is 10.2 Å². The molecule has 0 bridgehead atoms. The molecular formula is C18H28N2. The molecule has 0 spiro atoms. The third-order valence-electron chi connectivity index (χ3n) is 5.50. The molecule has 0 amide bonds. The molecule has 2 aliphatic rings. The van der Waals surface area contributed by atoms with Crippen LogP contribution >= 0.6 is 0 Å². The van der Waals surface area contributed by atoms with Crippen molar-refractivity contribution in [3.05, 3.63) is 35.9 Å². The Bertz CT molecular complexity index is 417. The maximum atomic E-state index is 3.71. The van der Waals surface area contributed by atoms with Gasteiger partial charge >= 0.3 is 0 Å². The second-order valence-corrected chi connectivity index (χ2v) is 6.82. The molecular weight excluding hydrogens is 244 g/mol. The summed E-state index contributed by atoms with van der Waals surface area (Å²) in [5.41, 5.74) is 1.46. The Labute approximate surface area is 123 Å². The van der Waals surface area contributed by atoms with Crippen LogP contribution in [0.2, 0.25) is 0 Å². The Morgan fingerprint density at radius 1 is 1.15 bits per heavy atom. The van der Waals surface area contributed by atoms with E-state index in [1.807, 2.05) is 0 Å². The Hall–Kier alpha value is -0.860. The zero-order valence-electron chi connectivity index (χ0n) is 12.9. The lowest BCUT2D eigenvalue weighted by Crippen LogP contribution is -2.55. The van der Waals surface area contributed by atoms with E-state index in [2.05, 4.69) is 54.4 Å². The summed E-state index contributed by atoms with van der Waals surface area (Å²) in [6.45, 7) is 8.48. The standard InChI is InChI=1S/C18H28N2/c1-14-8-9-18(15(14)2)20-11-10-19-17(13-20)12-16-6-4-3-5-7-16/h3-7,14-15,17-19H,8-13H2,1-2H3. The van der Waals surface area contributed by atoms with E-state index in [1.54, 1.807) is 0 Å². The molecule has 2 heteroatoms. The van der Waals surface area contributed by atoms with Gasteiger partial charge in [0.25, 0.3) is 0 Å². The highest BCUT2D eigenvalue weighted by Gasteiger charge is 2.35. The first-order chi connectivity index (χ1) is 9.74. The van der Waals surface area contributed by atoms with Crippen LogP contribution in [0.1, 0.15) is 32.3 Å². The van der Waals surface area contributed by atoms with Crippen molar-refractivity contribution in [2.24, 2.45) is 11.8 Å². The summed E-state index contributed by atoms with van der Waals surface area (Å²) in [6, 6.07) is 12.3. The average molecular weight is 272 g/mol. The Kier molecular flexibility index (Phi) is 4.42. The summed E-state index contributed by atoms with van der Waals surface area (Å²) in [7, 11) is 0. The van der Waals surface area contributed by atoms with Gasteiger partial charge in [-0.05, 0) is 36.7 Å². The van der Waals surface area contributed by atoms with E-state index in [-0.39, 0.29) is 0 Å². The number of hydrogen-bond donors (Lipinski definition) is 1. The van der Waals surface area contributed by atoms with Crippen molar-refractivity contribution in [2.45, 2.75) is 45.2 Å². The Morgan fingerprint density at radius 3 is 2.65 bits per heavy atom. The monoisotopic (exact) mass is 272 g/mol. The van der Waals surface area contributed by atoms with E-state index < -0.39 is 0 Å². The van der Waals surface area contributed by atoms with Crippen molar-refractivity contribution in [3.8, 4) is 0 Å². The van der Waals surface area contributed by atoms with E-state index in [0.29, 0.717) is 6.04 Å². The van der Waals surface area contributed by atoms with Gasteiger partial charge in [-0.25, -0.2) is 0 Å². The van der Waals surface area contributed by atoms with Gasteiger partial charge in [-0.15, -0.1) is 0 Å². The van der Waals surface area contributed by atoms with Gasteiger partial charge in [0.1, 0.15) is 0 Å². The van der Waals surface area contributed by atoms with Crippen LogP contribution in [0.25, 0.3) is 0 Å². The molecule has 20 heavy (non-hydrogen) atoms. The minimum atomic E-state index is 0.620. The maximum Gasteiger partial charge on any atom is 0.0236 e. The van der Waals surface area contributed by atoms with Gasteiger partial charge in [-0.3, -0.25) is 4.90 Å². The predicted octanol–water partition coefficient (Wildman–Crippen LogP) is 2.94. The fourth-order valence-electron chi connectivity index (χ4n) is 4.04. The molecule has 1 aromatic carbocycles. The van der Waals surface area contributed by atoms with Gasteiger partial charge in [-0.1, -0.05) is 44.2 Å². The van der Waals surface area contributed by atoms with Crippen molar-refractivity contribution < 1.29 is 0 Å². The SMILES string of the molecule is CC1CCC(N2CCNC(Cc3ccccc3)C2)C1C. The van der Waals surface area contributed by atoms with Crippen molar-refractivity contribution >= 4 is 0 Å². The lowest BCUT2D eigenvalue weighted by molar-refractivity contribution is 0.115. The lowest BCUT2D eigenvalue weighted by Gasteiger charge is -2.39. The molecule has 1 N–H and O–H groups in total. The van der Waals surface area contributed by atoms with Gasteiger partial charge in [0.05, 0.1) is 0 Å². The van der Waals surface area contributed by atoms with Gasteiger partial charge in [0.15, 0.2) is 0 Å². The molecule has 2 fully saturated rings. The van der Waals surface area contributed by atoms with E-state index in [0.717, 1.165) is 30.8 Å². The number of piperazine rings is 1. The van der Waals surface area contributed by atoms with Crippen molar-refractivity contribution in [3.63, 3.8) is 0 Å². The van der Waals surface area contributed by atoms with E-state index in [4.69, 9.17) is 0 Å². The van der Waals surface area contributed by atoms with Gasteiger partial charge in [0, 0.05) is 31.7 Å². The van der Waals surface area contributed by atoms with Crippen molar-refractivity contribution in [2.75, 3.05) is 19.6 Å². The zero-order valence-corrected chi connectivity index (χ0v) is 12.9. The quantitative estimate of drug-likeness (QED) is 0.910. The minimum Gasteiger partial charge on any atom is -0.311 e. The minimum absolute atomic E-state index is 0.620. The highest BCUT2D eigenvalue weighted by molar-refractivity contribution is 5.16. The Morgan fingerprint density at radius 2 is 1.95 bits per heavy atom. The van der Waals surface area contributed by atoms with Crippen LogP contribution in [0.5, 0.6) is 0 Å². The number of benzene rings is 1. The van der Waals surface area contributed by atoms with E-state index >= 15 is 0 Å². The van der Waals surface area contributed by atoms with Gasteiger partial charge in [0.2, 0.25) is 0 Å². The number of nitrogens with one attached hydrogen (secondary N) is 1.